The Balaban J connectivity index is 2.45. The van der Waals surface area contributed by atoms with Gasteiger partial charge in [0.05, 0.1) is 27.7 Å². The van der Waals surface area contributed by atoms with Crippen molar-refractivity contribution < 1.29 is 4.48 Å². The van der Waals surface area contributed by atoms with Gasteiger partial charge in [-0.15, -0.1) is 23.2 Å². The van der Waals surface area contributed by atoms with Crippen molar-refractivity contribution >= 4 is 34.6 Å². The van der Waals surface area contributed by atoms with Gasteiger partial charge in [0.2, 0.25) is 0 Å². The molecule has 0 atom stereocenters. The molecule has 0 spiro atoms. The number of anilines is 2. The van der Waals surface area contributed by atoms with E-state index in [0.717, 1.165) is 36.2 Å². The summed E-state index contributed by atoms with van der Waals surface area (Å²) in [5.41, 5.74) is 2.34. The Kier molecular flexibility index (Phi) is 8.23. The monoisotopic (exact) mass is 332 g/mol. The van der Waals surface area contributed by atoms with Gasteiger partial charge in [-0.05, 0) is 24.3 Å². The first-order valence-corrected chi connectivity index (χ1v) is 8.54. The molecule has 0 saturated heterocycles. The molecule has 0 amide bonds. The summed E-state index contributed by atoms with van der Waals surface area (Å²) in [6.45, 7) is 3.82. The molecular weight excluding hydrogens is 305 g/mol. The van der Waals surface area contributed by atoms with E-state index < -0.39 is 0 Å². The van der Waals surface area contributed by atoms with Crippen LogP contribution in [0.15, 0.2) is 24.3 Å². The van der Waals surface area contributed by atoms with Crippen molar-refractivity contribution in [2.24, 2.45) is 0 Å². The Labute approximate surface area is 139 Å². The van der Waals surface area contributed by atoms with Crippen molar-refractivity contribution in [3.8, 4) is 0 Å². The van der Waals surface area contributed by atoms with E-state index in [1.165, 1.54) is 12.2 Å². The van der Waals surface area contributed by atoms with Crippen LogP contribution in [0.2, 0.25) is 0 Å². The second-order valence-corrected chi connectivity index (χ2v) is 6.96. The lowest BCUT2D eigenvalue weighted by molar-refractivity contribution is -0.870. The van der Waals surface area contributed by atoms with E-state index in [1.54, 1.807) is 0 Å². The molecule has 0 aliphatic rings. The highest BCUT2D eigenvalue weighted by atomic mass is 35.5. The number of alkyl halides is 2. The van der Waals surface area contributed by atoms with Crippen molar-refractivity contribution in [1.29, 1.82) is 0 Å². The molecule has 0 aromatic heterocycles. The molecule has 5 heteroatoms. The second-order valence-electron chi connectivity index (χ2n) is 6.21. The predicted octanol–water partition coefficient (Wildman–Crippen LogP) is 3.48. The van der Waals surface area contributed by atoms with Gasteiger partial charge in [0.1, 0.15) is 0 Å². The minimum atomic E-state index is 0.613. The van der Waals surface area contributed by atoms with Crippen molar-refractivity contribution in [3.05, 3.63) is 24.3 Å². The molecule has 0 bridgehead atoms. The predicted molar refractivity (Wildman–Crippen MR) is 96.1 cm³/mol. The molecule has 1 aromatic carbocycles. The summed E-state index contributed by atoms with van der Waals surface area (Å²) >= 11 is 11.7. The zero-order valence-corrected chi connectivity index (χ0v) is 14.9. The fourth-order valence-electron chi connectivity index (χ4n) is 2.15. The van der Waals surface area contributed by atoms with Gasteiger partial charge in [-0.25, -0.2) is 0 Å². The Morgan fingerprint density at radius 2 is 1.57 bits per heavy atom. The number of benzene rings is 1. The molecule has 120 valence electrons. The van der Waals surface area contributed by atoms with Crippen molar-refractivity contribution in [2.75, 3.05) is 69.3 Å². The molecule has 1 aromatic rings. The molecule has 3 nitrogen and oxygen atoms in total. The molecule has 1 N–H and O–H groups in total. The number of halogens is 2. The number of quaternary nitrogens is 1. The zero-order chi connectivity index (χ0) is 15.7. The van der Waals surface area contributed by atoms with Crippen LogP contribution >= 0.6 is 23.2 Å². The summed E-state index contributed by atoms with van der Waals surface area (Å²) in [4.78, 5) is 2.21. The van der Waals surface area contributed by atoms with Gasteiger partial charge in [0, 0.05) is 49.2 Å². The van der Waals surface area contributed by atoms with E-state index in [0.29, 0.717) is 11.8 Å². The maximum atomic E-state index is 5.84. The van der Waals surface area contributed by atoms with E-state index in [1.807, 2.05) is 0 Å². The molecule has 0 aliphatic carbocycles. The van der Waals surface area contributed by atoms with Gasteiger partial charge in [0.15, 0.2) is 0 Å². The quantitative estimate of drug-likeness (QED) is 0.401. The first-order chi connectivity index (χ1) is 9.96. The van der Waals surface area contributed by atoms with E-state index in [2.05, 4.69) is 55.6 Å². The van der Waals surface area contributed by atoms with Crippen LogP contribution in [-0.2, 0) is 0 Å². The molecule has 0 aliphatic heterocycles. The first kappa shape index (κ1) is 18.4. The van der Waals surface area contributed by atoms with Crippen LogP contribution in [0.1, 0.15) is 6.42 Å². The van der Waals surface area contributed by atoms with E-state index >= 15 is 0 Å². The van der Waals surface area contributed by atoms with Crippen molar-refractivity contribution in [1.82, 2.24) is 0 Å². The van der Waals surface area contributed by atoms with Crippen LogP contribution in [0, 0.1) is 0 Å². The molecule has 0 radical (unpaired) electrons. The van der Waals surface area contributed by atoms with Gasteiger partial charge in [-0.3, -0.25) is 0 Å². The second kappa shape index (κ2) is 9.39. The summed E-state index contributed by atoms with van der Waals surface area (Å²) in [7, 11) is 6.66. The standard InChI is InChI=1S/C16H28Cl2N3/c1-21(2,3)14-4-11-19-15-5-7-16(8-6-15)20(12-9-17)13-10-18/h5-8,19H,4,9-14H2,1-3H3/q+1. The molecule has 0 heterocycles. The number of nitrogens with zero attached hydrogens (tertiary/aromatic N) is 2. The Morgan fingerprint density at radius 1 is 1.00 bits per heavy atom. The smallest absolute Gasteiger partial charge is 0.0797 e. The summed E-state index contributed by atoms with van der Waals surface area (Å²) in [6.07, 6.45) is 1.16. The molecule has 0 saturated carbocycles. The van der Waals surface area contributed by atoms with Gasteiger partial charge >= 0.3 is 0 Å². The normalized spacial score (nSPS) is 11.5. The number of rotatable bonds is 10. The van der Waals surface area contributed by atoms with Crippen molar-refractivity contribution in [3.63, 3.8) is 0 Å². The number of nitrogens with one attached hydrogen (secondary N) is 1. The highest BCUT2D eigenvalue weighted by Gasteiger charge is 2.06. The Morgan fingerprint density at radius 3 is 2.05 bits per heavy atom. The van der Waals surface area contributed by atoms with Crippen LogP contribution in [0.5, 0.6) is 0 Å². The van der Waals surface area contributed by atoms with Crippen molar-refractivity contribution in [2.45, 2.75) is 6.42 Å². The third-order valence-electron chi connectivity index (χ3n) is 3.28. The number of hydrogen-bond acceptors (Lipinski definition) is 2. The SMILES string of the molecule is C[N+](C)(C)CCCNc1ccc(N(CCCl)CCCl)cc1. The molecule has 0 fully saturated rings. The summed E-state index contributed by atoms with van der Waals surface area (Å²) in [5.74, 6) is 1.23. The van der Waals surface area contributed by atoms with Gasteiger partial charge < -0.3 is 14.7 Å². The van der Waals surface area contributed by atoms with Crippen LogP contribution in [0.25, 0.3) is 0 Å². The highest BCUT2D eigenvalue weighted by molar-refractivity contribution is 6.18. The molecular formula is C16H28Cl2N3+. The summed E-state index contributed by atoms with van der Waals surface area (Å²) < 4.78 is 1.01. The largest absolute Gasteiger partial charge is 0.385 e. The minimum Gasteiger partial charge on any atom is -0.385 e. The summed E-state index contributed by atoms with van der Waals surface area (Å²) in [6, 6.07) is 8.50. The Bertz CT molecular complexity index is 382. The summed E-state index contributed by atoms with van der Waals surface area (Å²) in [5, 5.41) is 3.47. The third-order valence-corrected chi connectivity index (χ3v) is 3.61. The Hall–Kier alpha value is -0.640. The molecule has 21 heavy (non-hydrogen) atoms. The lowest BCUT2D eigenvalue weighted by Gasteiger charge is -2.24. The maximum Gasteiger partial charge on any atom is 0.0797 e. The zero-order valence-electron chi connectivity index (χ0n) is 13.4. The average Bonchev–Trinajstić information content (AvgIpc) is 2.43. The van der Waals surface area contributed by atoms with E-state index in [-0.39, 0.29) is 0 Å². The fraction of sp³-hybridized carbons (Fsp3) is 0.625. The first-order valence-electron chi connectivity index (χ1n) is 7.47. The van der Waals surface area contributed by atoms with E-state index in [9.17, 15) is 0 Å². The average molecular weight is 333 g/mol. The lowest BCUT2D eigenvalue weighted by Crippen LogP contribution is -2.36. The highest BCUT2D eigenvalue weighted by Crippen LogP contribution is 2.18. The van der Waals surface area contributed by atoms with Gasteiger partial charge in [-0.1, -0.05) is 0 Å². The van der Waals surface area contributed by atoms with Gasteiger partial charge in [-0.2, -0.15) is 0 Å². The van der Waals surface area contributed by atoms with Crippen LogP contribution in [0.4, 0.5) is 11.4 Å². The number of hydrogen-bond donors (Lipinski definition) is 1. The third kappa shape index (κ3) is 7.79. The van der Waals surface area contributed by atoms with Gasteiger partial charge in [0.25, 0.3) is 0 Å². The van der Waals surface area contributed by atoms with Crippen LogP contribution in [-0.4, -0.2) is 63.6 Å². The maximum absolute atomic E-state index is 5.84. The minimum absolute atomic E-state index is 0.613. The topological polar surface area (TPSA) is 15.3 Å². The fourth-order valence-corrected chi connectivity index (χ4v) is 2.56. The van der Waals surface area contributed by atoms with Crippen LogP contribution < -0.4 is 10.2 Å². The van der Waals surface area contributed by atoms with Crippen LogP contribution in [0.3, 0.4) is 0 Å². The molecule has 0 unspecified atom stereocenters. The lowest BCUT2D eigenvalue weighted by atomic mass is 10.2. The van der Waals surface area contributed by atoms with E-state index in [4.69, 9.17) is 23.2 Å². The molecule has 1 rings (SSSR count).